The van der Waals surface area contributed by atoms with Crippen molar-refractivity contribution in [1.82, 2.24) is 4.90 Å². The smallest absolute Gasteiger partial charge is 0.246 e. The molecule has 1 amide bonds. The first-order chi connectivity index (χ1) is 9.60. The molecule has 0 bridgehead atoms. The van der Waals surface area contributed by atoms with Crippen LogP contribution in [0.25, 0.3) is 0 Å². The summed E-state index contributed by atoms with van der Waals surface area (Å²) < 4.78 is 5.14. The van der Waals surface area contributed by atoms with Crippen molar-refractivity contribution in [3.05, 3.63) is 29.8 Å². The summed E-state index contributed by atoms with van der Waals surface area (Å²) >= 11 is 0. The molecule has 1 aliphatic rings. The second kappa shape index (κ2) is 6.72. The van der Waals surface area contributed by atoms with Gasteiger partial charge >= 0.3 is 0 Å². The van der Waals surface area contributed by atoms with Gasteiger partial charge < -0.3 is 15.6 Å². The van der Waals surface area contributed by atoms with Crippen molar-refractivity contribution < 1.29 is 14.6 Å². The van der Waals surface area contributed by atoms with Gasteiger partial charge in [0.2, 0.25) is 5.91 Å². The molecule has 1 aromatic rings. The zero-order valence-electron chi connectivity index (χ0n) is 11.8. The lowest BCUT2D eigenvalue weighted by atomic mass is 9.90. The molecule has 5 heteroatoms. The average molecular weight is 278 g/mol. The summed E-state index contributed by atoms with van der Waals surface area (Å²) in [6.45, 7) is 2.63. The van der Waals surface area contributed by atoms with Crippen LogP contribution in [0.3, 0.4) is 0 Å². The van der Waals surface area contributed by atoms with Crippen LogP contribution in [0.1, 0.15) is 18.4 Å². The Morgan fingerprint density at radius 3 is 2.50 bits per heavy atom. The quantitative estimate of drug-likeness (QED) is 0.833. The normalized spacial score (nSPS) is 18.7. The van der Waals surface area contributed by atoms with Crippen LogP contribution < -0.4 is 10.5 Å². The number of rotatable bonds is 5. The Hall–Kier alpha value is -1.59. The lowest BCUT2D eigenvalue weighted by molar-refractivity contribution is -0.129. The minimum atomic E-state index is -1.00. The molecule has 1 fully saturated rings. The molecule has 110 valence electrons. The maximum Gasteiger partial charge on any atom is 0.246 e. The van der Waals surface area contributed by atoms with Gasteiger partial charge in [0.05, 0.1) is 7.11 Å². The number of aliphatic hydroxyl groups excluding tert-OH is 1. The summed E-state index contributed by atoms with van der Waals surface area (Å²) in [6.07, 6.45) is 0.610. The zero-order chi connectivity index (χ0) is 14.5. The summed E-state index contributed by atoms with van der Waals surface area (Å²) in [5.41, 5.74) is 6.37. The molecule has 5 nitrogen and oxygen atoms in total. The highest BCUT2D eigenvalue weighted by atomic mass is 16.5. The Morgan fingerprint density at radius 2 is 2.00 bits per heavy atom. The van der Waals surface area contributed by atoms with Crippen molar-refractivity contribution in [1.29, 1.82) is 0 Å². The summed E-state index contributed by atoms with van der Waals surface area (Å²) in [5.74, 6) is 0.246. The second-order valence-corrected chi connectivity index (χ2v) is 5.31. The van der Waals surface area contributed by atoms with E-state index in [0.29, 0.717) is 0 Å². The van der Waals surface area contributed by atoms with Crippen LogP contribution in [0.15, 0.2) is 24.3 Å². The van der Waals surface area contributed by atoms with E-state index in [1.165, 1.54) is 5.56 Å². The van der Waals surface area contributed by atoms with Crippen molar-refractivity contribution in [2.45, 2.75) is 25.5 Å². The van der Waals surface area contributed by atoms with Gasteiger partial charge in [-0.3, -0.25) is 9.69 Å². The van der Waals surface area contributed by atoms with Gasteiger partial charge in [0.15, 0.2) is 0 Å². The number of primary amides is 1. The third kappa shape index (κ3) is 3.71. The fourth-order valence-corrected chi connectivity index (χ4v) is 2.65. The Morgan fingerprint density at radius 1 is 1.40 bits per heavy atom. The van der Waals surface area contributed by atoms with Crippen LogP contribution in [-0.2, 0) is 11.3 Å². The van der Waals surface area contributed by atoms with E-state index in [1.54, 1.807) is 7.11 Å². The standard InChI is InChI=1S/C15H22N2O3/c1-20-13-4-2-11(3-5-13)10-17-8-6-12(7-9-17)14(18)15(16)19/h2-5,12,14,18H,6-10H2,1H3,(H2,16,19)/t14-/m1/s1. The number of amides is 1. The molecule has 2 rings (SSSR count). The summed E-state index contributed by atoms with van der Waals surface area (Å²) in [5, 5.41) is 9.68. The number of carbonyl (C=O) groups is 1. The van der Waals surface area contributed by atoms with Gasteiger partial charge in [0, 0.05) is 6.54 Å². The molecule has 0 spiro atoms. The largest absolute Gasteiger partial charge is 0.497 e. The number of nitrogens with zero attached hydrogens (tertiary/aromatic N) is 1. The lowest BCUT2D eigenvalue weighted by Crippen LogP contribution is -2.42. The van der Waals surface area contributed by atoms with Crippen molar-refractivity contribution in [2.75, 3.05) is 20.2 Å². The highest BCUT2D eigenvalue weighted by Crippen LogP contribution is 2.22. The maximum absolute atomic E-state index is 11.0. The maximum atomic E-state index is 11.0. The summed E-state index contributed by atoms with van der Waals surface area (Å²) in [6, 6.07) is 8.03. The first kappa shape index (κ1) is 14.8. The topological polar surface area (TPSA) is 75.8 Å². The number of benzene rings is 1. The van der Waals surface area contributed by atoms with Crippen LogP contribution in [0.2, 0.25) is 0 Å². The van der Waals surface area contributed by atoms with E-state index in [1.807, 2.05) is 12.1 Å². The molecular formula is C15H22N2O3. The molecular weight excluding hydrogens is 256 g/mol. The second-order valence-electron chi connectivity index (χ2n) is 5.31. The van der Waals surface area contributed by atoms with Crippen molar-refractivity contribution in [3.8, 4) is 5.75 Å². The Balaban J connectivity index is 1.83. The van der Waals surface area contributed by atoms with Crippen molar-refractivity contribution in [2.24, 2.45) is 11.7 Å². The Kier molecular flexibility index (Phi) is 4.98. The number of carbonyl (C=O) groups excluding carboxylic acids is 1. The van der Waals surface area contributed by atoms with Gasteiger partial charge in [0.1, 0.15) is 11.9 Å². The number of piperidine rings is 1. The van der Waals surface area contributed by atoms with Crippen LogP contribution in [-0.4, -0.2) is 42.2 Å². The first-order valence-corrected chi connectivity index (χ1v) is 6.93. The van der Waals surface area contributed by atoms with E-state index in [0.717, 1.165) is 38.2 Å². The monoisotopic (exact) mass is 278 g/mol. The van der Waals surface area contributed by atoms with Crippen LogP contribution >= 0.6 is 0 Å². The molecule has 0 radical (unpaired) electrons. The molecule has 0 saturated carbocycles. The minimum absolute atomic E-state index is 0.000354. The SMILES string of the molecule is COc1ccc(CN2CCC([C@@H](O)C(N)=O)CC2)cc1. The number of hydrogen-bond donors (Lipinski definition) is 2. The molecule has 1 aromatic carbocycles. The molecule has 0 aliphatic carbocycles. The predicted molar refractivity (Wildman–Crippen MR) is 76.2 cm³/mol. The summed E-state index contributed by atoms with van der Waals surface area (Å²) in [7, 11) is 1.66. The number of ether oxygens (including phenoxy) is 1. The molecule has 1 atom stereocenters. The van der Waals surface area contributed by atoms with Crippen molar-refractivity contribution >= 4 is 5.91 Å². The van der Waals surface area contributed by atoms with Gasteiger partial charge in [-0.1, -0.05) is 12.1 Å². The number of aliphatic hydroxyl groups is 1. The average Bonchev–Trinajstić information content (AvgIpc) is 2.48. The number of likely N-dealkylation sites (tertiary alicyclic amines) is 1. The molecule has 20 heavy (non-hydrogen) atoms. The van der Waals surface area contributed by atoms with Crippen molar-refractivity contribution in [3.63, 3.8) is 0 Å². The summed E-state index contributed by atoms with van der Waals surface area (Å²) in [4.78, 5) is 13.3. The molecule has 1 heterocycles. The molecule has 1 saturated heterocycles. The van der Waals surface area contributed by atoms with E-state index in [9.17, 15) is 9.90 Å². The van der Waals surface area contributed by atoms with E-state index in [4.69, 9.17) is 10.5 Å². The number of nitrogens with two attached hydrogens (primary N) is 1. The fourth-order valence-electron chi connectivity index (χ4n) is 2.65. The molecule has 0 unspecified atom stereocenters. The predicted octanol–water partition coefficient (Wildman–Crippen LogP) is 0.753. The highest BCUT2D eigenvalue weighted by molar-refractivity contribution is 5.78. The van der Waals surface area contributed by atoms with Crippen LogP contribution in [0.4, 0.5) is 0 Å². The van der Waals surface area contributed by atoms with Gasteiger partial charge in [-0.25, -0.2) is 0 Å². The van der Waals surface area contributed by atoms with Gasteiger partial charge in [-0.15, -0.1) is 0 Å². The minimum Gasteiger partial charge on any atom is -0.497 e. The third-order valence-corrected chi connectivity index (χ3v) is 3.94. The van der Waals surface area contributed by atoms with Crippen LogP contribution in [0.5, 0.6) is 5.75 Å². The Labute approximate surface area is 119 Å². The van der Waals surface area contributed by atoms with Gasteiger partial charge in [-0.05, 0) is 49.5 Å². The van der Waals surface area contributed by atoms with E-state index in [-0.39, 0.29) is 5.92 Å². The third-order valence-electron chi connectivity index (χ3n) is 3.94. The van der Waals surface area contributed by atoms with E-state index in [2.05, 4.69) is 17.0 Å². The molecule has 1 aliphatic heterocycles. The Bertz CT molecular complexity index is 439. The van der Waals surface area contributed by atoms with E-state index >= 15 is 0 Å². The number of hydrogen-bond acceptors (Lipinski definition) is 4. The zero-order valence-corrected chi connectivity index (χ0v) is 11.8. The first-order valence-electron chi connectivity index (χ1n) is 6.93. The van der Waals surface area contributed by atoms with Gasteiger partial charge in [-0.2, -0.15) is 0 Å². The van der Waals surface area contributed by atoms with Crippen LogP contribution in [0, 0.1) is 5.92 Å². The highest BCUT2D eigenvalue weighted by Gasteiger charge is 2.28. The molecule has 0 aromatic heterocycles. The molecule has 3 N–H and O–H groups in total. The van der Waals surface area contributed by atoms with Gasteiger partial charge in [0.25, 0.3) is 0 Å². The lowest BCUT2D eigenvalue weighted by Gasteiger charge is -2.33. The van der Waals surface area contributed by atoms with E-state index < -0.39 is 12.0 Å². The fraction of sp³-hybridized carbons (Fsp3) is 0.533. The number of methoxy groups -OCH3 is 1.